The summed E-state index contributed by atoms with van der Waals surface area (Å²) in [5, 5.41) is 0. The summed E-state index contributed by atoms with van der Waals surface area (Å²) < 4.78 is 26.1. The van der Waals surface area contributed by atoms with Crippen molar-refractivity contribution in [2.45, 2.75) is 42.6 Å². The van der Waals surface area contributed by atoms with Gasteiger partial charge in [-0.05, 0) is 18.4 Å². The normalized spacial score (nSPS) is 28.2. The van der Waals surface area contributed by atoms with Crippen molar-refractivity contribution in [1.29, 1.82) is 0 Å². The molecule has 0 aromatic heterocycles. The van der Waals surface area contributed by atoms with Gasteiger partial charge in [0.1, 0.15) is 0 Å². The molecule has 1 aromatic carbocycles. The molecule has 2 aliphatic rings. The molecule has 1 aromatic rings. The minimum atomic E-state index is -2.54. The molecule has 16 heavy (non-hydrogen) atoms. The van der Waals surface area contributed by atoms with Crippen molar-refractivity contribution in [2.24, 2.45) is 5.73 Å². The first-order valence-corrected chi connectivity index (χ1v) is 5.70. The van der Waals surface area contributed by atoms with Gasteiger partial charge in [0.25, 0.3) is 5.92 Å². The van der Waals surface area contributed by atoms with Crippen molar-refractivity contribution in [1.82, 2.24) is 0 Å². The van der Waals surface area contributed by atoms with Gasteiger partial charge in [-0.1, -0.05) is 30.3 Å². The SMILES string of the molecule is NC1(C2(c3ccccc3)CC2)CC(F)(F)C1. The number of hydrogen-bond donors (Lipinski definition) is 1. The van der Waals surface area contributed by atoms with Crippen LogP contribution in [0.3, 0.4) is 0 Å². The minimum Gasteiger partial charge on any atom is -0.324 e. The smallest absolute Gasteiger partial charge is 0.251 e. The maximum absolute atomic E-state index is 13.0. The van der Waals surface area contributed by atoms with Crippen molar-refractivity contribution in [3.63, 3.8) is 0 Å². The molecule has 2 aliphatic carbocycles. The molecule has 0 unspecified atom stereocenters. The van der Waals surface area contributed by atoms with Crippen LogP contribution in [0.5, 0.6) is 0 Å². The second-order valence-corrected chi connectivity index (χ2v) is 5.31. The first-order chi connectivity index (χ1) is 7.48. The highest BCUT2D eigenvalue weighted by atomic mass is 19.3. The molecule has 0 saturated heterocycles. The number of alkyl halides is 2. The van der Waals surface area contributed by atoms with Crippen molar-refractivity contribution < 1.29 is 8.78 Å². The Labute approximate surface area is 93.6 Å². The quantitative estimate of drug-likeness (QED) is 0.819. The lowest BCUT2D eigenvalue weighted by molar-refractivity contribution is -0.133. The van der Waals surface area contributed by atoms with Crippen LogP contribution in [0.1, 0.15) is 31.2 Å². The lowest BCUT2D eigenvalue weighted by Crippen LogP contribution is -2.65. The third-order valence-electron chi connectivity index (χ3n) is 4.18. The van der Waals surface area contributed by atoms with Gasteiger partial charge in [-0.25, -0.2) is 8.78 Å². The van der Waals surface area contributed by atoms with E-state index in [1.807, 2.05) is 30.3 Å². The topological polar surface area (TPSA) is 26.0 Å². The average molecular weight is 223 g/mol. The molecule has 2 saturated carbocycles. The largest absolute Gasteiger partial charge is 0.324 e. The maximum Gasteiger partial charge on any atom is 0.251 e. The van der Waals surface area contributed by atoms with Crippen LogP contribution in [0.4, 0.5) is 8.78 Å². The zero-order valence-corrected chi connectivity index (χ0v) is 9.05. The van der Waals surface area contributed by atoms with Gasteiger partial charge in [0.2, 0.25) is 0 Å². The predicted molar refractivity (Wildman–Crippen MR) is 58.5 cm³/mol. The van der Waals surface area contributed by atoms with Crippen LogP contribution in [-0.2, 0) is 5.41 Å². The van der Waals surface area contributed by atoms with Gasteiger partial charge in [-0.3, -0.25) is 0 Å². The van der Waals surface area contributed by atoms with Gasteiger partial charge in [0, 0.05) is 23.8 Å². The van der Waals surface area contributed by atoms with Gasteiger partial charge < -0.3 is 5.73 Å². The van der Waals surface area contributed by atoms with E-state index in [2.05, 4.69) is 0 Å². The monoisotopic (exact) mass is 223 g/mol. The summed E-state index contributed by atoms with van der Waals surface area (Å²) in [5.74, 6) is -2.54. The van der Waals surface area contributed by atoms with Crippen LogP contribution < -0.4 is 5.73 Å². The fourth-order valence-electron chi connectivity index (χ4n) is 3.17. The van der Waals surface area contributed by atoms with E-state index in [0.717, 1.165) is 18.4 Å². The maximum atomic E-state index is 13.0. The zero-order valence-electron chi connectivity index (χ0n) is 9.05. The van der Waals surface area contributed by atoms with Crippen molar-refractivity contribution in [3.8, 4) is 0 Å². The summed E-state index contributed by atoms with van der Waals surface area (Å²) >= 11 is 0. The molecule has 2 N–H and O–H groups in total. The minimum absolute atomic E-state index is 0.158. The number of halogens is 2. The van der Waals surface area contributed by atoms with E-state index < -0.39 is 11.5 Å². The first-order valence-electron chi connectivity index (χ1n) is 5.70. The molecule has 0 aliphatic heterocycles. The van der Waals surface area contributed by atoms with Crippen molar-refractivity contribution in [3.05, 3.63) is 35.9 Å². The van der Waals surface area contributed by atoms with Crippen LogP contribution in [-0.4, -0.2) is 11.5 Å². The third kappa shape index (κ3) is 1.24. The molecule has 0 radical (unpaired) electrons. The molecule has 3 rings (SSSR count). The van der Waals surface area contributed by atoms with Crippen LogP contribution >= 0.6 is 0 Å². The second kappa shape index (κ2) is 2.83. The van der Waals surface area contributed by atoms with E-state index in [1.54, 1.807) is 0 Å². The van der Waals surface area contributed by atoms with Gasteiger partial charge >= 0.3 is 0 Å². The molecule has 2 fully saturated rings. The lowest BCUT2D eigenvalue weighted by atomic mass is 9.62. The Kier molecular flexibility index (Phi) is 1.81. The second-order valence-electron chi connectivity index (χ2n) is 5.31. The van der Waals surface area contributed by atoms with E-state index in [4.69, 9.17) is 5.73 Å². The summed E-state index contributed by atoms with van der Waals surface area (Å²) in [6.45, 7) is 0. The molecule has 0 bridgehead atoms. The van der Waals surface area contributed by atoms with Crippen LogP contribution in [0.2, 0.25) is 0 Å². The van der Waals surface area contributed by atoms with E-state index in [1.165, 1.54) is 0 Å². The predicted octanol–water partition coefficient (Wildman–Crippen LogP) is 2.84. The van der Waals surface area contributed by atoms with Gasteiger partial charge in [0.15, 0.2) is 0 Å². The number of hydrogen-bond acceptors (Lipinski definition) is 1. The highest BCUT2D eigenvalue weighted by Crippen LogP contribution is 2.64. The van der Waals surface area contributed by atoms with Crippen LogP contribution in [0, 0.1) is 0 Å². The summed E-state index contributed by atoms with van der Waals surface area (Å²) in [7, 11) is 0. The third-order valence-corrected chi connectivity index (χ3v) is 4.18. The Bertz CT molecular complexity index is 401. The average Bonchev–Trinajstić information content (AvgIpc) is 2.96. The zero-order chi connectivity index (χ0) is 11.4. The van der Waals surface area contributed by atoms with E-state index in [0.29, 0.717) is 0 Å². The lowest BCUT2D eigenvalue weighted by Gasteiger charge is -2.50. The molecule has 0 amide bonds. The Morgan fingerprint density at radius 1 is 1.00 bits per heavy atom. The van der Waals surface area contributed by atoms with E-state index in [9.17, 15) is 8.78 Å². The summed E-state index contributed by atoms with van der Waals surface area (Å²) in [4.78, 5) is 0. The summed E-state index contributed by atoms with van der Waals surface area (Å²) in [5.41, 5.74) is 6.45. The van der Waals surface area contributed by atoms with E-state index in [-0.39, 0.29) is 18.3 Å². The highest BCUT2D eigenvalue weighted by Gasteiger charge is 2.68. The fourth-order valence-corrected chi connectivity index (χ4v) is 3.17. The number of nitrogens with two attached hydrogens (primary N) is 1. The molecule has 3 heteroatoms. The molecule has 0 spiro atoms. The van der Waals surface area contributed by atoms with Crippen molar-refractivity contribution in [2.75, 3.05) is 0 Å². The fraction of sp³-hybridized carbons (Fsp3) is 0.538. The number of benzene rings is 1. The molecule has 86 valence electrons. The Morgan fingerprint density at radius 3 is 2.00 bits per heavy atom. The standard InChI is InChI=1S/C13H15F2N/c14-13(15)8-12(16,9-13)11(6-7-11)10-4-2-1-3-5-10/h1-5H,6-9,16H2. The summed E-state index contributed by atoms with van der Waals surface area (Å²) in [6, 6.07) is 9.87. The Hall–Kier alpha value is -0.960. The molecular formula is C13H15F2N. The molecule has 0 heterocycles. The molecule has 1 nitrogen and oxygen atoms in total. The highest BCUT2D eigenvalue weighted by molar-refractivity contribution is 5.39. The Balaban J connectivity index is 1.91. The van der Waals surface area contributed by atoms with Gasteiger partial charge in [-0.15, -0.1) is 0 Å². The molecular weight excluding hydrogens is 208 g/mol. The Morgan fingerprint density at radius 2 is 1.56 bits per heavy atom. The number of rotatable bonds is 2. The first kappa shape index (κ1) is 10.2. The van der Waals surface area contributed by atoms with Crippen molar-refractivity contribution >= 4 is 0 Å². The van der Waals surface area contributed by atoms with Crippen LogP contribution in [0.15, 0.2) is 30.3 Å². The van der Waals surface area contributed by atoms with Crippen LogP contribution in [0.25, 0.3) is 0 Å². The summed E-state index contributed by atoms with van der Waals surface area (Å²) in [6.07, 6.45) is 1.58. The van der Waals surface area contributed by atoms with Gasteiger partial charge in [-0.2, -0.15) is 0 Å². The molecule has 0 atom stereocenters. The van der Waals surface area contributed by atoms with E-state index >= 15 is 0 Å². The van der Waals surface area contributed by atoms with Gasteiger partial charge in [0.05, 0.1) is 0 Å².